The first-order chi connectivity index (χ1) is 7.72. The largest absolute Gasteiger partial charge is 0.376 e. The molecule has 1 aromatic heterocycles. The first-order valence-corrected chi connectivity index (χ1v) is 6.07. The fraction of sp³-hybridized carbons (Fsp3) is 0.750. The molecular weight excluding hydrogens is 202 g/mol. The minimum absolute atomic E-state index is 0.191. The van der Waals surface area contributed by atoms with Gasteiger partial charge in [-0.2, -0.15) is 5.10 Å². The van der Waals surface area contributed by atoms with Gasteiger partial charge in [0.05, 0.1) is 17.8 Å². The fourth-order valence-corrected chi connectivity index (χ4v) is 1.91. The predicted octanol–water partition coefficient (Wildman–Crippen LogP) is 1.89. The SMILES string of the molecule is CCNC(c1ccn(C)n1)C(CC)OCC. The van der Waals surface area contributed by atoms with Crippen molar-refractivity contribution in [2.45, 2.75) is 39.3 Å². The summed E-state index contributed by atoms with van der Waals surface area (Å²) in [7, 11) is 1.94. The number of ether oxygens (including phenoxy) is 1. The van der Waals surface area contributed by atoms with E-state index in [2.05, 4.69) is 30.3 Å². The van der Waals surface area contributed by atoms with Crippen LogP contribution in [0.25, 0.3) is 0 Å². The highest BCUT2D eigenvalue weighted by atomic mass is 16.5. The molecule has 0 aliphatic carbocycles. The van der Waals surface area contributed by atoms with Crippen molar-refractivity contribution >= 4 is 0 Å². The van der Waals surface area contributed by atoms with Crippen LogP contribution in [0.2, 0.25) is 0 Å². The van der Waals surface area contributed by atoms with E-state index < -0.39 is 0 Å². The Kier molecular flexibility index (Phi) is 5.49. The number of rotatable bonds is 7. The third-order valence-corrected chi connectivity index (χ3v) is 2.63. The molecule has 92 valence electrons. The molecule has 0 fully saturated rings. The van der Waals surface area contributed by atoms with E-state index in [4.69, 9.17) is 4.74 Å². The lowest BCUT2D eigenvalue weighted by Crippen LogP contribution is -2.34. The minimum atomic E-state index is 0.191. The van der Waals surface area contributed by atoms with Crippen LogP contribution in [0.4, 0.5) is 0 Å². The van der Waals surface area contributed by atoms with Gasteiger partial charge in [0, 0.05) is 19.9 Å². The Morgan fingerprint density at radius 2 is 2.19 bits per heavy atom. The number of nitrogens with one attached hydrogen (secondary N) is 1. The zero-order valence-electron chi connectivity index (χ0n) is 10.7. The van der Waals surface area contributed by atoms with E-state index in [1.54, 1.807) is 0 Å². The fourth-order valence-electron chi connectivity index (χ4n) is 1.91. The van der Waals surface area contributed by atoms with Gasteiger partial charge in [-0.3, -0.25) is 4.68 Å². The Morgan fingerprint density at radius 3 is 2.62 bits per heavy atom. The van der Waals surface area contributed by atoms with Gasteiger partial charge in [0.25, 0.3) is 0 Å². The lowest BCUT2D eigenvalue weighted by molar-refractivity contribution is 0.0306. The summed E-state index contributed by atoms with van der Waals surface area (Å²) in [5.74, 6) is 0. The van der Waals surface area contributed by atoms with Crippen molar-refractivity contribution in [1.82, 2.24) is 15.1 Å². The van der Waals surface area contributed by atoms with Gasteiger partial charge in [-0.1, -0.05) is 13.8 Å². The maximum Gasteiger partial charge on any atom is 0.0820 e. The Bertz CT molecular complexity index is 298. The molecule has 0 saturated heterocycles. The molecule has 0 radical (unpaired) electrons. The maximum absolute atomic E-state index is 5.76. The van der Waals surface area contributed by atoms with Crippen LogP contribution in [0.3, 0.4) is 0 Å². The van der Waals surface area contributed by atoms with Crippen LogP contribution >= 0.6 is 0 Å². The molecule has 1 N–H and O–H groups in total. The molecule has 0 spiro atoms. The summed E-state index contributed by atoms with van der Waals surface area (Å²) in [5, 5.41) is 7.90. The van der Waals surface area contributed by atoms with Crippen LogP contribution in [-0.2, 0) is 11.8 Å². The van der Waals surface area contributed by atoms with Crippen molar-refractivity contribution in [3.63, 3.8) is 0 Å². The van der Waals surface area contributed by atoms with Crippen LogP contribution in [0.15, 0.2) is 12.3 Å². The van der Waals surface area contributed by atoms with Crippen LogP contribution in [0, 0.1) is 0 Å². The van der Waals surface area contributed by atoms with Gasteiger partial charge in [0.15, 0.2) is 0 Å². The van der Waals surface area contributed by atoms with E-state index in [0.29, 0.717) is 0 Å². The minimum Gasteiger partial charge on any atom is -0.376 e. The summed E-state index contributed by atoms with van der Waals surface area (Å²) in [5.41, 5.74) is 1.06. The molecule has 0 aliphatic rings. The first kappa shape index (κ1) is 13.2. The van der Waals surface area contributed by atoms with Crippen LogP contribution < -0.4 is 5.32 Å². The zero-order valence-corrected chi connectivity index (χ0v) is 10.7. The van der Waals surface area contributed by atoms with Gasteiger partial charge in [0.1, 0.15) is 0 Å². The van der Waals surface area contributed by atoms with E-state index in [0.717, 1.165) is 25.3 Å². The van der Waals surface area contributed by atoms with Crippen molar-refractivity contribution in [1.29, 1.82) is 0 Å². The maximum atomic E-state index is 5.76. The van der Waals surface area contributed by atoms with Crippen LogP contribution in [-0.4, -0.2) is 29.0 Å². The van der Waals surface area contributed by atoms with Gasteiger partial charge in [-0.05, 0) is 26.0 Å². The molecule has 1 heterocycles. The molecule has 0 bridgehead atoms. The lowest BCUT2D eigenvalue weighted by Gasteiger charge is -2.25. The number of nitrogens with zero attached hydrogens (tertiary/aromatic N) is 2. The summed E-state index contributed by atoms with van der Waals surface area (Å²) >= 11 is 0. The lowest BCUT2D eigenvalue weighted by atomic mass is 10.1. The average molecular weight is 225 g/mol. The van der Waals surface area contributed by atoms with Crippen molar-refractivity contribution in [3.8, 4) is 0 Å². The molecule has 0 aromatic carbocycles. The van der Waals surface area contributed by atoms with Gasteiger partial charge in [-0.15, -0.1) is 0 Å². The molecule has 4 heteroatoms. The number of likely N-dealkylation sites (N-methyl/N-ethyl adjacent to an activating group) is 1. The molecule has 0 aliphatic heterocycles. The Hall–Kier alpha value is -0.870. The normalized spacial score (nSPS) is 15.0. The predicted molar refractivity (Wildman–Crippen MR) is 65.3 cm³/mol. The second-order valence-electron chi connectivity index (χ2n) is 3.85. The highest BCUT2D eigenvalue weighted by Crippen LogP contribution is 2.19. The topological polar surface area (TPSA) is 39.1 Å². The number of hydrogen-bond acceptors (Lipinski definition) is 3. The molecule has 2 atom stereocenters. The third-order valence-electron chi connectivity index (χ3n) is 2.63. The second kappa shape index (κ2) is 6.66. The summed E-state index contributed by atoms with van der Waals surface area (Å²) in [6, 6.07) is 2.24. The molecule has 0 saturated carbocycles. The zero-order chi connectivity index (χ0) is 12.0. The Labute approximate surface area is 98.0 Å². The highest BCUT2D eigenvalue weighted by Gasteiger charge is 2.23. The monoisotopic (exact) mass is 225 g/mol. The number of hydrogen-bond donors (Lipinski definition) is 1. The molecule has 1 aromatic rings. The quantitative estimate of drug-likeness (QED) is 0.770. The smallest absolute Gasteiger partial charge is 0.0820 e. The summed E-state index contributed by atoms with van der Waals surface area (Å²) in [6.07, 6.45) is 3.15. The van der Waals surface area contributed by atoms with Crippen molar-refractivity contribution in [2.75, 3.05) is 13.2 Å². The van der Waals surface area contributed by atoms with E-state index in [-0.39, 0.29) is 12.1 Å². The first-order valence-electron chi connectivity index (χ1n) is 6.07. The standard InChI is InChI=1S/C12H23N3O/c1-5-11(16-7-3)12(13-6-2)10-8-9-15(4)14-10/h8-9,11-13H,5-7H2,1-4H3. The second-order valence-corrected chi connectivity index (χ2v) is 3.85. The average Bonchev–Trinajstić information content (AvgIpc) is 2.70. The van der Waals surface area contributed by atoms with Crippen molar-refractivity contribution in [3.05, 3.63) is 18.0 Å². The number of aromatic nitrogens is 2. The van der Waals surface area contributed by atoms with Gasteiger partial charge < -0.3 is 10.1 Å². The molecule has 16 heavy (non-hydrogen) atoms. The van der Waals surface area contributed by atoms with E-state index >= 15 is 0 Å². The van der Waals surface area contributed by atoms with Crippen molar-refractivity contribution < 1.29 is 4.74 Å². The Morgan fingerprint density at radius 1 is 1.44 bits per heavy atom. The molecule has 4 nitrogen and oxygen atoms in total. The molecular formula is C12H23N3O. The van der Waals surface area contributed by atoms with Crippen LogP contribution in [0.5, 0.6) is 0 Å². The summed E-state index contributed by atoms with van der Waals surface area (Å²) < 4.78 is 7.59. The van der Waals surface area contributed by atoms with E-state index in [1.165, 1.54) is 0 Å². The van der Waals surface area contributed by atoms with E-state index in [9.17, 15) is 0 Å². The summed E-state index contributed by atoms with van der Waals surface area (Å²) in [6.45, 7) is 7.95. The highest BCUT2D eigenvalue weighted by molar-refractivity contribution is 5.07. The van der Waals surface area contributed by atoms with Gasteiger partial charge >= 0.3 is 0 Å². The molecule has 0 amide bonds. The van der Waals surface area contributed by atoms with Crippen molar-refractivity contribution in [2.24, 2.45) is 7.05 Å². The number of aryl methyl sites for hydroxylation is 1. The third kappa shape index (κ3) is 3.32. The molecule has 2 unspecified atom stereocenters. The summed E-state index contributed by atoms with van der Waals surface area (Å²) in [4.78, 5) is 0. The van der Waals surface area contributed by atoms with Gasteiger partial charge in [0.2, 0.25) is 0 Å². The van der Waals surface area contributed by atoms with E-state index in [1.807, 2.05) is 24.9 Å². The van der Waals surface area contributed by atoms with Gasteiger partial charge in [-0.25, -0.2) is 0 Å². The Balaban J connectivity index is 2.79. The molecule has 1 rings (SSSR count). The van der Waals surface area contributed by atoms with Crippen LogP contribution in [0.1, 0.15) is 38.9 Å².